The average molecular weight is 701 g/mol. The lowest BCUT2D eigenvalue weighted by Gasteiger charge is -2.17. The van der Waals surface area contributed by atoms with Crippen LogP contribution in [0.4, 0.5) is 38.0 Å². The Hall–Kier alpha value is -3.93. The van der Waals surface area contributed by atoms with Gasteiger partial charge in [0.25, 0.3) is 11.6 Å². The largest absolute Gasteiger partial charge is 0.537 e. The molecule has 0 aromatic carbocycles. The summed E-state index contributed by atoms with van der Waals surface area (Å²) < 4.78 is 130. The van der Waals surface area contributed by atoms with Crippen LogP contribution in [0.25, 0.3) is 12.2 Å². The third kappa shape index (κ3) is 8.26. The summed E-state index contributed by atoms with van der Waals surface area (Å²) in [4.78, 5) is 15.5. The fourth-order valence-corrected chi connectivity index (χ4v) is 5.90. The van der Waals surface area contributed by atoms with Crippen molar-refractivity contribution >= 4 is 49.6 Å². The van der Waals surface area contributed by atoms with Crippen molar-refractivity contribution in [3.63, 3.8) is 0 Å². The Balaban J connectivity index is 2.48. The van der Waals surface area contributed by atoms with Crippen molar-refractivity contribution < 1.29 is 61.0 Å². The molecule has 0 aliphatic heterocycles. The molecule has 0 amide bonds. The number of alkyl halides is 6. The SMILES string of the molecule is CCN(CC)c1ccc(C=CC(=O)C(C)=C(O)C=Cc2ccc(N(CC)CC)[n+](S(=O)(=O)C(F)(F)F)c2)c[n+]1S(=O)(=O)C(F)(F)F. The third-order valence-corrected chi connectivity index (χ3v) is 9.52. The molecule has 0 saturated heterocycles. The third-order valence-electron chi connectivity index (χ3n) is 6.73. The monoisotopic (exact) mass is 700 g/mol. The molecule has 46 heavy (non-hydrogen) atoms. The van der Waals surface area contributed by atoms with Gasteiger partial charge in [0, 0.05) is 28.8 Å². The molecule has 2 aromatic rings. The van der Waals surface area contributed by atoms with Crippen LogP contribution in [0.1, 0.15) is 45.7 Å². The number of aromatic nitrogens is 2. The highest BCUT2D eigenvalue weighted by molar-refractivity contribution is 7.86. The second kappa shape index (κ2) is 14.7. The summed E-state index contributed by atoms with van der Waals surface area (Å²) in [7, 11) is -11.7. The number of allylic oxidation sites excluding steroid dienone is 3. The van der Waals surface area contributed by atoms with Crippen LogP contribution >= 0.6 is 0 Å². The molecular weight excluding hydrogens is 666 g/mol. The maximum absolute atomic E-state index is 13.4. The average Bonchev–Trinajstić information content (AvgIpc) is 2.98. The van der Waals surface area contributed by atoms with Gasteiger partial charge in [0.15, 0.2) is 5.78 Å². The molecule has 0 atom stereocenters. The maximum Gasteiger partial charge on any atom is 0.537 e. The molecule has 1 N–H and O–H groups in total. The van der Waals surface area contributed by atoms with E-state index in [0.29, 0.717) is 12.4 Å². The van der Waals surface area contributed by atoms with E-state index >= 15 is 0 Å². The number of halogens is 6. The summed E-state index contributed by atoms with van der Waals surface area (Å²) in [5, 5.41) is 10.4. The highest BCUT2D eigenvalue weighted by Gasteiger charge is 2.53. The molecule has 0 bridgehead atoms. The lowest BCUT2D eigenvalue weighted by atomic mass is 10.1. The van der Waals surface area contributed by atoms with Gasteiger partial charge in [-0.05, 0) is 71.1 Å². The first-order valence-electron chi connectivity index (χ1n) is 13.7. The van der Waals surface area contributed by atoms with E-state index in [2.05, 4.69) is 0 Å². The first-order chi connectivity index (χ1) is 21.2. The predicted molar refractivity (Wildman–Crippen MR) is 160 cm³/mol. The van der Waals surface area contributed by atoms with Gasteiger partial charge < -0.3 is 5.11 Å². The van der Waals surface area contributed by atoms with E-state index in [0.717, 1.165) is 36.4 Å². The fraction of sp³-hybridized carbons (Fsp3) is 0.393. The molecule has 0 spiro atoms. The summed E-state index contributed by atoms with van der Waals surface area (Å²) in [5.74, 6) is -1.99. The first kappa shape index (κ1) is 38.3. The van der Waals surface area contributed by atoms with Crippen LogP contribution in [0.2, 0.25) is 0 Å². The van der Waals surface area contributed by atoms with Crippen molar-refractivity contribution in [1.82, 2.24) is 0 Å². The molecule has 254 valence electrons. The van der Waals surface area contributed by atoms with Gasteiger partial charge in [0.2, 0.25) is 0 Å². The van der Waals surface area contributed by atoms with Crippen molar-refractivity contribution in [2.45, 2.75) is 45.6 Å². The number of carbonyl (C=O) groups excluding carboxylic acids is 1. The van der Waals surface area contributed by atoms with E-state index in [-0.39, 0.29) is 62.5 Å². The van der Waals surface area contributed by atoms with Gasteiger partial charge >= 0.3 is 31.1 Å². The number of rotatable bonds is 13. The minimum Gasteiger partial charge on any atom is -0.508 e. The molecule has 2 rings (SSSR count). The van der Waals surface area contributed by atoms with Gasteiger partial charge in [-0.25, -0.2) is 0 Å². The van der Waals surface area contributed by atoms with Crippen molar-refractivity contribution in [2.75, 3.05) is 36.0 Å². The van der Waals surface area contributed by atoms with Gasteiger partial charge in [-0.15, -0.1) is 7.94 Å². The van der Waals surface area contributed by atoms with Crippen LogP contribution in [0.15, 0.2) is 60.1 Å². The Morgan fingerprint density at radius 1 is 0.717 bits per heavy atom. The van der Waals surface area contributed by atoms with Crippen molar-refractivity contribution in [1.29, 1.82) is 0 Å². The molecule has 0 saturated carbocycles. The molecule has 0 aliphatic rings. The highest BCUT2D eigenvalue weighted by atomic mass is 32.2. The van der Waals surface area contributed by atoms with Gasteiger partial charge in [-0.2, -0.15) is 43.2 Å². The second-order valence-corrected chi connectivity index (χ2v) is 13.1. The van der Waals surface area contributed by atoms with Crippen LogP contribution in [-0.4, -0.2) is 64.9 Å². The normalized spacial score (nSPS) is 13.7. The molecular formula is C28H34F6N4O6S2+2. The topological polar surface area (TPSA) is 120 Å². The number of carbonyl (C=O) groups is 1. The molecule has 0 aliphatic carbocycles. The minimum atomic E-state index is -5.83. The summed E-state index contributed by atoms with van der Waals surface area (Å²) in [6.07, 6.45) is 5.34. The van der Waals surface area contributed by atoms with E-state index in [9.17, 15) is 53.1 Å². The number of hydrogen-bond acceptors (Lipinski definition) is 8. The molecule has 2 aromatic heterocycles. The van der Waals surface area contributed by atoms with E-state index in [4.69, 9.17) is 0 Å². The van der Waals surface area contributed by atoms with Gasteiger partial charge in [-0.3, -0.25) is 14.6 Å². The maximum atomic E-state index is 13.4. The Kier molecular flexibility index (Phi) is 12.2. The smallest absolute Gasteiger partial charge is 0.508 e. The first-order valence-corrected chi connectivity index (χ1v) is 16.6. The standard InChI is InChI=1S/C28H33F6N4O6S2/c1-6-35(7-2)25-16-12-21(18-37(25)45(41,42)27(29,30)31)10-14-23(39)20(5)24(40)15-11-22-13-17-26(36(8-3)9-4)38(19-22)46(43,44)28(32,33)34/h10-19H,6-9H2,1-5H3/q+1/p+1. The number of aliphatic hydroxyl groups is 1. The van der Waals surface area contributed by atoms with E-state index < -0.39 is 42.6 Å². The van der Waals surface area contributed by atoms with Crippen LogP contribution in [0.5, 0.6) is 0 Å². The van der Waals surface area contributed by atoms with Gasteiger partial charge in [-0.1, -0.05) is 0 Å². The zero-order valence-electron chi connectivity index (χ0n) is 25.5. The van der Waals surface area contributed by atoms with Crippen LogP contribution in [0, 0.1) is 0 Å². The van der Waals surface area contributed by atoms with Crippen molar-refractivity contribution in [2.24, 2.45) is 0 Å². The molecule has 0 unspecified atom stereocenters. The summed E-state index contributed by atoms with van der Waals surface area (Å²) >= 11 is 0. The van der Waals surface area contributed by atoms with Crippen LogP contribution < -0.4 is 17.7 Å². The Labute approximate surface area is 263 Å². The Morgan fingerprint density at radius 3 is 1.39 bits per heavy atom. The van der Waals surface area contributed by atoms with Crippen molar-refractivity contribution in [3.05, 3.63) is 71.3 Å². The zero-order chi connectivity index (χ0) is 35.3. The molecule has 0 fully saturated rings. The fourth-order valence-electron chi connectivity index (χ4n) is 4.09. The molecule has 18 heteroatoms. The van der Waals surface area contributed by atoms with Crippen molar-refractivity contribution in [3.8, 4) is 0 Å². The number of nitrogens with zero attached hydrogens (tertiary/aromatic N) is 4. The predicted octanol–water partition coefficient (Wildman–Crippen LogP) is 4.48. The summed E-state index contributed by atoms with van der Waals surface area (Å²) in [5.41, 5.74) is -11.7. The minimum absolute atomic E-state index is 0.0732. The zero-order valence-corrected chi connectivity index (χ0v) is 27.1. The number of anilines is 2. The Morgan fingerprint density at radius 2 is 1.07 bits per heavy atom. The second-order valence-electron chi connectivity index (χ2n) is 9.52. The van der Waals surface area contributed by atoms with E-state index in [1.807, 2.05) is 0 Å². The number of ketones is 1. The molecule has 10 nitrogen and oxygen atoms in total. The summed E-state index contributed by atoms with van der Waals surface area (Å²) in [6.45, 7) is 8.50. The summed E-state index contributed by atoms with van der Waals surface area (Å²) in [6, 6.07) is 4.92. The van der Waals surface area contributed by atoms with Gasteiger partial charge in [0.1, 0.15) is 18.2 Å². The number of pyridine rings is 2. The highest BCUT2D eigenvalue weighted by Crippen LogP contribution is 2.25. The van der Waals surface area contributed by atoms with E-state index in [1.54, 1.807) is 27.7 Å². The number of aliphatic hydroxyl groups excluding tert-OH is 1. The van der Waals surface area contributed by atoms with Crippen LogP contribution in [0.3, 0.4) is 0 Å². The molecule has 0 radical (unpaired) electrons. The Bertz CT molecular complexity index is 1740. The van der Waals surface area contributed by atoms with Crippen LogP contribution in [-0.2, 0) is 24.8 Å². The lowest BCUT2D eigenvalue weighted by Crippen LogP contribution is -2.54. The quantitative estimate of drug-likeness (QED) is 0.107. The van der Waals surface area contributed by atoms with Gasteiger partial charge in [0.05, 0.1) is 26.2 Å². The molecule has 2 heterocycles. The number of hydrogen-bond donors (Lipinski definition) is 1. The lowest BCUT2D eigenvalue weighted by molar-refractivity contribution is -0.505. The van der Waals surface area contributed by atoms with E-state index in [1.165, 1.54) is 28.9 Å².